The summed E-state index contributed by atoms with van der Waals surface area (Å²) in [4.78, 5) is 7.66. The summed E-state index contributed by atoms with van der Waals surface area (Å²) in [6.45, 7) is 0.772. The average molecular weight is 386 g/mol. The normalized spacial score (nSPS) is 16.4. The Labute approximate surface area is 152 Å². The molecule has 0 amide bonds. The summed E-state index contributed by atoms with van der Waals surface area (Å²) in [5.41, 5.74) is 0.141. The van der Waals surface area contributed by atoms with Crippen LogP contribution in [0.5, 0.6) is 0 Å². The van der Waals surface area contributed by atoms with E-state index in [4.69, 9.17) is 0 Å². The summed E-state index contributed by atoms with van der Waals surface area (Å²) in [6.07, 6.45) is -2.45. The van der Waals surface area contributed by atoms with Gasteiger partial charge in [0.25, 0.3) is 0 Å². The fraction of sp³-hybridized carbons (Fsp3) is 0.412. The molecule has 140 valence electrons. The second-order valence-electron chi connectivity index (χ2n) is 6.19. The van der Waals surface area contributed by atoms with Crippen molar-refractivity contribution >= 4 is 17.3 Å². The van der Waals surface area contributed by atoms with Crippen LogP contribution in [0.3, 0.4) is 0 Å². The molecule has 0 atom stereocenters. The van der Waals surface area contributed by atoms with E-state index < -0.39 is 11.9 Å². The zero-order valence-electron chi connectivity index (χ0n) is 14.0. The molecule has 0 radical (unpaired) electrons. The first-order valence-electron chi connectivity index (χ1n) is 8.05. The lowest BCUT2D eigenvalue weighted by Gasteiger charge is -2.19. The third-order valence-electron chi connectivity index (χ3n) is 4.38. The summed E-state index contributed by atoms with van der Waals surface area (Å²) in [5, 5.41) is 7.50. The molecule has 2 aromatic rings. The van der Waals surface area contributed by atoms with Crippen LogP contribution in [0.1, 0.15) is 29.1 Å². The first kappa shape index (κ1) is 18.6. The molecule has 0 aliphatic heterocycles. The zero-order chi connectivity index (χ0) is 18.8. The molecule has 0 bridgehead atoms. The Morgan fingerprint density at radius 1 is 1.23 bits per heavy atom. The van der Waals surface area contributed by atoms with Crippen LogP contribution >= 0.6 is 11.3 Å². The molecule has 1 aliphatic carbocycles. The molecule has 9 heteroatoms. The Morgan fingerprint density at radius 2 is 1.92 bits per heavy atom. The lowest BCUT2D eigenvalue weighted by Crippen LogP contribution is -2.40. The van der Waals surface area contributed by atoms with Crippen LogP contribution in [0.15, 0.2) is 34.6 Å². The highest BCUT2D eigenvalue weighted by Gasteiger charge is 2.44. The van der Waals surface area contributed by atoms with Crippen molar-refractivity contribution in [2.24, 2.45) is 4.99 Å². The second-order valence-corrected chi connectivity index (χ2v) is 7.13. The maximum atomic E-state index is 13.1. The second kappa shape index (κ2) is 7.22. The van der Waals surface area contributed by atoms with E-state index in [0.717, 1.165) is 35.1 Å². The minimum atomic E-state index is -4.43. The predicted octanol–water partition coefficient (Wildman–Crippen LogP) is 3.70. The van der Waals surface area contributed by atoms with Gasteiger partial charge in [-0.1, -0.05) is 12.1 Å². The van der Waals surface area contributed by atoms with Gasteiger partial charge in [-0.25, -0.2) is 9.37 Å². The van der Waals surface area contributed by atoms with E-state index in [-0.39, 0.29) is 17.8 Å². The van der Waals surface area contributed by atoms with Gasteiger partial charge in [-0.05, 0) is 30.5 Å². The van der Waals surface area contributed by atoms with Gasteiger partial charge < -0.3 is 10.6 Å². The number of alkyl halides is 3. The first-order chi connectivity index (χ1) is 12.3. The Hall–Kier alpha value is -2.16. The van der Waals surface area contributed by atoms with E-state index >= 15 is 0 Å². The van der Waals surface area contributed by atoms with Crippen molar-refractivity contribution in [2.45, 2.75) is 31.0 Å². The Morgan fingerprint density at radius 3 is 2.46 bits per heavy atom. The fourth-order valence-corrected chi connectivity index (χ4v) is 3.42. The molecule has 1 aromatic heterocycles. The fourth-order valence-electron chi connectivity index (χ4n) is 2.68. The molecular formula is C17H18F4N4S. The van der Waals surface area contributed by atoms with Crippen molar-refractivity contribution < 1.29 is 17.6 Å². The van der Waals surface area contributed by atoms with Crippen LogP contribution < -0.4 is 10.6 Å². The van der Waals surface area contributed by atoms with Gasteiger partial charge in [0.2, 0.25) is 0 Å². The van der Waals surface area contributed by atoms with Crippen molar-refractivity contribution in [1.29, 1.82) is 0 Å². The van der Waals surface area contributed by atoms with Crippen molar-refractivity contribution in [1.82, 2.24) is 15.6 Å². The average Bonchev–Trinajstić information content (AvgIpc) is 3.22. The molecule has 2 N–H and O–H groups in total. The number of aromatic nitrogens is 1. The minimum Gasteiger partial charge on any atom is -0.356 e. The summed E-state index contributed by atoms with van der Waals surface area (Å²) in [5.74, 6) is 0.221. The predicted molar refractivity (Wildman–Crippen MR) is 92.6 cm³/mol. The molecule has 1 heterocycles. The lowest BCUT2D eigenvalue weighted by atomic mass is 9.96. The topological polar surface area (TPSA) is 49.3 Å². The van der Waals surface area contributed by atoms with Gasteiger partial charge >= 0.3 is 6.18 Å². The van der Waals surface area contributed by atoms with Crippen molar-refractivity contribution in [3.05, 3.63) is 51.7 Å². The van der Waals surface area contributed by atoms with Gasteiger partial charge in [-0.15, -0.1) is 11.3 Å². The largest absolute Gasteiger partial charge is 0.434 e. The van der Waals surface area contributed by atoms with E-state index in [1.807, 2.05) is 0 Å². The standard InChI is InChI=1S/C17H18F4N4S/c1-22-15(23-8-14-25-13(9-26-14)17(19,20)21)24-10-16(6-7-16)11-2-4-12(18)5-3-11/h2-5,9H,6-8,10H2,1H3,(H2,22,23,24). The summed E-state index contributed by atoms with van der Waals surface area (Å²) in [6, 6.07) is 6.47. The number of guanidine groups is 1. The van der Waals surface area contributed by atoms with E-state index in [2.05, 4.69) is 20.6 Å². The van der Waals surface area contributed by atoms with Crippen LogP contribution in [-0.2, 0) is 18.1 Å². The number of hydrogen-bond acceptors (Lipinski definition) is 3. The van der Waals surface area contributed by atoms with Crippen LogP contribution in [0.2, 0.25) is 0 Å². The number of aliphatic imine (C=N–C) groups is 1. The van der Waals surface area contributed by atoms with Crippen LogP contribution in [0.4, 0.5) is 17.6 Å². The maximum absolute atomic E-state index is 13.1. The van der Waals surface area contributed by atoms with Crippen molar-refractivity contribution in [3.63, 3.8) is 0 Å². The SMILES string of the molecule is CN=C(NCc1nc(C(F)(F)F)cs1)NCC1(c2ccc(F)cc2)CC1. The first-order valence-corrected chi connectivity index (χ1v) is 8.92. The molecule has 26 heavy (non-hydrogen) atoms. The van der Waals surface area contributed by atoms with E-state index in [0.29, 0.717) is 17.5 Å². The van der Waals surface area contributed by atoms with Gasteiger partial charge in [0.05, 0.1) is 6.54 Å². The summed E-state index contributed by atoms with van der Waals surface area (Å²) >= 11 is 0.951. The molecule has 0 spiro atoms. The van der Waals surface area contributed by atoms with Gasteiger partial charge in [0.1, 0.15) is 10.8 Å². The number of hydrogen-bond donors (Lipinski definition) is 2. The molecule has 0 saturated heterocycles. The Balaban J connectivity index is 1.54. The third-order valence-corrected chi connectivity index (χ3v) is 5.23. The summed E-state index contributed by atoms with van der Waals surface area (Å²) in [7, 11) is 1.59. The number of halogens is 4. The van der Waals surface area contributed by atoms with Gasteiger partial charge in [-0.2, -0.15) is 13.2 Å². The van der Waals surface area contributed by atoms with Gasteiger partial charge in [-0.3, -0.25) is 4.99 Å². The number of thiazole rings is 1. The van der Waals surface area contributed by atoms with E-state index in [1.54, 1.807) is 19.2 Å². The molecule has 4 nitrogen and oxygen atoms in total. The molecule has 1 fully saturated rings. The monoisotopic (exact) mass is 386 g/mol. The van der Waals surface area contributed by atoms with E-state index in [9.17, 15) is 17.6 Å². The van der Waals surface area contributed by atoms with Crippen LogP contribution in [-0.4, -0.2) is 24.5 Å². The van der Waals surface area contributed by atoms with E-state index in [1.165, 1.54) is 12.1 Å². The molecular weight excluding hydrogens is 368 g/mol. The molecule has 1 aliphatic rings. The molecule has 3 rings (SSSR count). The molecule has 1 aromatic carbocycles. The van der Waals surface area contributed by atoms with Crippen LogP contribution in [0, 0.1) is 5.82 Å². The molecule has 1 saturated carbocycles. The van der Waals surface area contributed by atoms with Crippen LogP contribution in [0.25, 0.3) is 0 Å². The summed E-state index contributed by atoms with van der Waals surface area (Å²) < 4.78 is 50.8. The van der Waals surface area contributed by atoms with Crippen molar-refractivity contribution in [2.75, 3.05) is 13.6 Å². The lowest BCUT2D eigenvalue weighted by molar-refractivity contribution is -0.140. The quantitative estimate of drug-likeness (QED) is 0.468. The highest BCUT2D eigenvalue weighted by molar-refractivity contribution is 7.09. The number of rotatable bonds is 5. The molecule has 0 unspecified atom stereocenters. The highest BCUT2D eigenvalue weighted by atomic mass is 32.1. The Kier molecular flexibility index (Phi) is 5.17. The minimum absolute atomic E-state index is 0.0457. The number of benzene rings is 1. The van der Waals surface area contributed by atoms with Crippen molar-refractivity contribution in [3.8, 4) is 0 Å². The number of nitrogens with one attached hydrogen (secondary N) is 2. The smallest absolute Gasteiger partial charge is 0.356 e. The number of nitrogens with zero attached hydrogens (tertiary/aromatic N) is 2. The third kappa shape index (κ3) is 4.32. The maximum Gasteiger partial charge on any atom is 0.434 e. The zero-order valence-corrected chi connectivity index (χ0v) is 14.8. The van der Waals surface area contributed by atoms with Gasteiger partial charge in [0, 0.05) is 24.4 Å². The van der Waals surface area contributed by atoms with Gasteiger partial charge in [0.15, 0.2) is 11.7 Å². The Bertz CT molecular complexity index is 779. The highest BCUT2D eigenvalue weighted by Crippen LogP contribution is 2.47.